The molecule has 0 heterocycles. The Hall–Kier alpha value is -3.56. The maximum atomic E-state index is 11.0. The van der Waals surface area contributed by atoms with E-state index in [2.05, 4.69) is 0 Å². The van der Waals surface area contributed by atoms with Gasteiger partial charge < -0.3 is 15.3 Å². The topological polar surface area (TPSA) is 167 Å². The van der Waals surface area contributed by atoms with Crippen LogP contribution in [0, 0.1) is 0 Å². The van der Waals surface area contributed by atoms with E-state index in [1.807, 2.05) is 5.43 Å². The number of aromatic hydroxyl groups is 1. The van der Waals surface area contributed by atoms with Crippen molar-refractivity contribution in [1.29, 1.82) is 0 Å². The predicted octanol–water partition coefficient (Wildman–Crippen LogP) is -1.02. The van der Waals surface area contributed by atoms with Gasteiger partial charge >= 0.3 is 0 Å². The molecule has 0 fully saturated rings. The lowest BCUT2D eigenvalue weighted by atomic mass is 10.2. The third-order valence-electron chi connectivity index (χ3n) is 3.40. The second-order valence-corrected chi connectivity index (χ2v) is 4.89. The zero-order chi connectivity index (χ0) is 18.6. The summed E-state index contributed by atoms with van der Waals surface area (Å²) < 4.78 is 4.81. The molecule has 0 aromatic heterocycles. The zero-order valence-corrected chi connectivity index (χ0v) is 13.6. The van der Waals surface area contributed by atoms with E-state index >= 15 is 0 Å². The normalized spacial score (nSPS) is 9.62. The molecule has 136 valence electrons. The number of methoxy groups -OCH3 is 1. The molecule has 3 rings (SSSR count). The molecule has 0 radical (unpaired) electrons. The lowest BCUT2D eigenvalue weighted by molar-refractivity contribution is 0.0953. The monoisotopic (exact) mass is 360 g/mol. The molecule has 0 aliphatic rings. The van der Waals surface area contributed by atoms with Gasteiger partial charge in [-0.05, 0) is 18.2 Å². The molecule has 0 bridgehead atoms. The molecule has 0 saturated heterocycles. The quantitative estimate of drug-likeness (QED) is 0.227. The fourth-order valence-corrected chi connectivity index (χ4v) is 2.13. The Morgan fingerprint density at radius 1 is 1.00 bits per heavy atom. The first kappa shape index (κ1) is 20.5. The Bertz CT molecular complexity index is 1020. The van der Waals surface area contributed by atoms with Crippen molar-refractivity contribution in [3.63, 3.8) is 0 Å². The van der Waals surface area contributed by atoms with Crippen molar-refractivity contribution in [1.82, 2.24) is 5.43 Å². The van der Waals surface area contributed by atoms with Gasteiger partial charge in [0.15, 0.2) is 11.5 Å². The molecule has 26 heavy (non-hydrogen) atoms. The van der Waals surface area contributed by atoms with Gasteiger partial charge in [0.2, 0.25) is 10.9 Å². The maximum absolute atomic E-state index is 11.0. The molecule has 9 nitrogen and oxygen atoms in total. The number of hydrogen-bond donors (Lipinski definition) is 3. The van der Waals surface area contributed by atoms with E-state index in [1.54, 1.807) is 12.1 Å². The van der Waals surface area contributed by atoms with Gasteiger partial charge in [0.05, 0.1) is 7.11 Å². The number of hydrazine groups is 1. The minimum absolute atomic E-state index is 0. The molecule has 3 aromatic rings. The predicted molar refractivity (Wildman–Crippen MR) is 95.1 cm³/mol. The number of phenols is 1. The van der Waals surface area contributed by atoms with E-state index in [1.165, 1.54) is 37.4 Å². The summed E-state index contributed by atoms with van der Waals surface area (Å²) in [6.07, 6.45) is 0. The first-order valence-corrected chi connectivity index (χ1v) is 7.01. The van der Waals surface area contributed by atoms with Crippen molar-refractivity contribution < 1.29 is 20.1 Å². The number of hydrogen-bond acceptors (Lipinski definition) is 7. The van der Waals surface area contributed by atoms with E-state index in [0.29, 0.717) is 5.56 Å². The lowest BCUT2D eigenvalue weighted by Gasteiger charge is -2.04. The number of nitrogen functional groups attached to an aromatic ring is 1. The summed E-state index contributed by atoms with van der Waals surface area (Å²) in [6.45, 7) is 0. The van der Waals surface area contributed by atoms with Gasteiger partial charge in [-0.1, -0.05) is 24.3 Å². The number of benzene rings is 2. The fraction of sp³-hybridized carbons (Fsp3) is 0.0588. The average molecular weight is 360 g/mol. The molecular formula is C17H16N2O7. The summed E-state index contributed by atoms with van der Waals surface area (Å²) in [5.41, 5.74) is 0.0172. The summed E-state index contributed by atoms with van der Waals surface area (Å²) >= 11 is 0. The Balaban J connectivity index is 0.000000251. The number of carbonyl (C=O) groups excluding carboxylic acids is 1. The smallest absolute Gasteiger partial charge is 0.273 e. The summed E-state index contributed by atoms with van der Waals surface area (Å²) in [4.78, 5) is 44.0. The highest BCUT2D eigenvalue weighted by molar-refractivity contribution is 5.94. The Kier molecular flexibility index (Phi) is 6.71. The SMILES string of the molecule is COc1cc(C(=O)NN)ccc1O.O.O=c1c(=O)c2ccccc2c1=O. The second-order valence-electron chi connectivity index (χ2n) is 4.89. The number of nitrogens with one attached hydrogen (secondary N) is 1. The van der Waals surface area contributed by atoms with Gasteiger partial charge in [-0.3, -0.25) is 24.6 Å². The van der Waals surface area contributed by atoms with E-state index in [4.69, 9.17) is 10.6 Å². The van der Waals surface area contributed by atoms with Gasteiger partial charge in [-0.2, -0.15) is 0 Å². The van der Waals surface area contributed by atoms with E-state index in [9.17, 15) is 24.3 Å². The number of nitrogens with two attached hydrogens (primary N) is 1. The van der Waals surface area contributed by atoms with Crippen LogP contribution in [0.15, 0.2) is 56.8 Å². The molecule has 6 N–H and O–H groups in total. The van der Waals surface area contributed by atoms with Crippen molar-refractivity contribution >= 4 is 16.7 Å². The highest BCUT2D eigenvalue weighted by Crippen LogP contribution is 2.25. The van der Waals surface area contributed by atoms with Crippen LogP contribution in [0.3, 0.4) is 0 Å². The van der Waals surface area contributed by atoms with E-state index in [-0.39, 0.29) is 27.7 Å². The third kappa shape index (κ3) is 3.91. The van der Waals surface area contributed by atoms with Crippen LogP contribution in [0.5, 0.6) is 11.5 Å². The van der Waals surface area contributed by atoms with Crippen LogP contribution in [0.25, 0.3) is 10.8 Å². The van der Waals surface area contributed by atoms with Crippen LogP contribution >= 0.6 is 0 Å². The molecule has 0 aliphatic heterocycles. The molecular weight excluding hydrogens is 344 g/mol. The average Bonchev–Trinajstić information content (AvgIpc) is 2.87. The molecule has 1 amide bonds. The van der Waals surface area contributed by atoms with Gasteiger partial charge in [-0.25, -0.2) is 5.84 Å². The number of fused-ring (bicyclic) bond motifs is 1. The Morgan fingerprint density at radius 2 is 1.54 bits per heavy atom. The van der Waals surface area contributed by atoms with Crippen molar-refractivity contribution in [3.05, 3.63) is 78.7 Å². The Morgan fingerprint density at radius 3 is 2.00 bits per heavy atom. The van der Waals surface area contributed by atoms with Crippen LogP contribution in [0.1, 0.15) is 10.4 Å². The van der Waals surface area contributed by atoms with Gasteiger partial charge in [0, 0.05) is 16.3 Å². The lowest BCUT2D eigenvalue weighted by Crippen LogP contribution is -2.29. The minimum Gasteiger partial charge on any atom is -0.504 e. The van der Waals surface area contributed by atoms with Crippen LogP contribution < -0.4 is 32.3 Å². The summed E-state index contributed by atoms with van der Waals surface area (Å²) in [7, 11) is 1.40. The van der Waals surface area contributed by atoms with E-state index < -0.39 is 22.2 Å². The molecule has 9 heteroatoms. The van der Waals surface area contributed by atoms with Crippen LogP contribution in [0.2, 0.25) is 0 Å². The highest BCUT2D eigenvalue weighted by atomic mass is 16.5. The molecule has 0 saturated carbocycles. The number of ether oxygens (including phenoxy) is 1. The van der Waals surface area contributed by atoms with E-state index in [0.717, 1.165) is 0 Å². The van der Waals surface area contributed by atoms with Crippen molar-refractivity contribution in [2.24, 2.45) is 5.84 Å². The van der Waals surface area contributed by atoms with Gasteiger partial charge in [0.25, 0.3) is 11.3 Å². The largest absolute Gasteiger partial charge is 0.504 e. The summed E-state index contributed by atoms with van der Waals surface area (Å²) in [5, 5.41) is 9.66. The number of carbonyl (C=O) groups is 1. The standard InChI is InChI=1S/C9H4O3.C8H10N2O3.H2O/c10-7-5-3-1-2-4-6(5)8(11)9(7)12;1-13-7-4-5(8(12)10-9)2-3-6(7)11;/h1-4H;2-4,11H,9H2,1H3,(H,10,12);1H2. The minimum atomic E-state index is -0.920. The number of phenolic OH excluding ortho intramolecular Hbond substituents is 1. The van der Waals surface area contributed by atoms with Crippen LogP contribution in [-0.4, -0.2) is 23.6 Å². The van der Waals surface area contributed by atoms with Crippen LogP contribution in [-0.2, 0) is 0 Å². The highest BCUT2D eigenvalue weighted by Gasteiger charge is 2.10. The molecule has 0 aliphatic carbocycles. The zero-order valence-electron chi connectivity index (χ0n) is 13.6. The fourth-order valence-electron chi connectivity index (χ4n) is 2.13. The first-order chi connectivity index (χ1) is 11.9. The number of rotatable bonds is 2. The van der Waals surface area contributed by atoms with Crippen molar-refractivity contribution in [2.75, 3.05) is 7.11 Å². The van der Waals surface area contributed by atoms with Crippen molar-refractivity contribution in [2.45, 2.75) is 0 Å². The molecule has 0 spiro atoms. The third-order valence-corrected chi connectivity index (χ3v) is 3.40. The summed E-state index contributed by atoms with van der Waals surface area (Å²) in [5.74, 6) is 4.72. The van der Waals surface area contributed by atoms with Crippen molar-refractivity contribution in [3.8, 4) is 11.5 Å². The first-order valence-electron chi connectivity index (χ1n) is 7.01. The molecule has 0 atom stereocenters. The molecule has 0 unspecified atom stereocenters. The summed E-state index contributed by atoms with van der Waals surface area (Å²) in [6, 6.07) is 10.4. The maximum Gasteiger partial charge on any atom is 0.273 e. The molecule has 3 aromatic carbocycles. The van der Waals surface area contributed by atoms with Gasteiger partial charge in [0.1, 0.15) is 0 Å². The van der Waals surface area contributed by atoms with Gasteiger partial charge in [-0.15, -0.1) is 0 Å². The second kappa shape index (κ2) is 8.51. The Labute approximate surface area is 146 Å². The number of amides is 1. The van der Waals surface area contributed by atoms with Crippen LogP contribution in [0.4, 0.5) is 0 Å².